The Kier molecular flexibility index (Phi) is 6.51. The lowest BCUT2D eigenvalue weighted by Crippen LogP contribution is -2.58. The van der Waals surface area contributed by atoms with E-state index >= 15 is 0 Å². The molecule has 0 radical (unpaired) electrons. The van der Waals surface area contributed by atoms with E-state index in [0.29, 0.717) is 39.1 Å². The zero-order valence-corrected chi connectivity index (χ0v) is 16.1. The first-order chi connectivity index (χ1) is 13.4. The number of hydrogen-bond acceptors (Lipinski definition) is 5. The highest BCUT2D eigenvalue weighted by molar-refractivity contribution is 5.74. The minimum absolute atomic E-state index is 0.0479. The number of aliphatic carboxylic acids is 1. The molecule has 1 N–H and O–H groups in total. The van der Waals surface area contributed by atoms with E-state index in [9.17, 15) is 19.5 Å². The lowest BCUT2D eigenvalue weighted by molar-refractivity contribution is -0.144. The number of piperazine rings is 1. The fraction of sp³-hybridized carbons (Fsp3) is 0.550. The molecule has 152 valence electrons. The van der Waals surface area contributed by atoms with Crippen LogP contribution in [-0.2, 0) is 20.9 Å². The Labute approximate surface area is 164 Å². The first kappa shape index (κ1) is 20.1. The first-order valence-corrected chi connectivity index (χ1v) is 9.62. The summed E-state index contributed by atoms with van der Waals surface area (Å²) in [4.78, 5) is 41.2. The SMILES string of the molecule is CC(=O)N1CCN([C@@H]2C[C@H](C(=O)O)CN(C(=O)OCc3ccccc3)C2)CC1. The summed E-state index contributed by atoms with van der Waals surface area (Å²) in [6, 6.07) is 9.35. The van der Waals surface area contributed by atoms with Gasteiger partial charge in [-0.2, -0.15) is 0 Å². The van der Waals surface area contributed by atoms with Gasteiger partial charge in [-0.15, -0.1) is 0 Å². The van der Waals surface area contributed by atoms with Gasteiger partial charge in [0.15, 0.2) is 0 Å². The monoisotopic (exact) mass is 389 g/mol. The van der Waals surface area contributed by atoms with Crippen molar-refractivity contribution in [2.24, 2.45) is 5.92 Å². The molecule has 2 aliphatic rings. The predicted molar refractivity (Wildman–Crippen MR) is 102 cm³/mol. The minimum atomic E-state index is -0.895. The van der Waals surface area contributed by atoms with Crippen molar-refractivity contribution in [2.45, 2.75) is 26.0 Å². The number of carboxylic acids is 1. The molecule has 2 saturated heterocycles. The number of likely N-dealkylation sites (tertiary alicyclic amines) is 1. The zero-order valence-electron chi connectivity index (χ0n) is 16.1. The van der Waals surface area contributed by atoms with Crippen LogP contribution in [0.5, 0.6) is 0 Å². The molecular formula is C20H27N3O5. The van der Waals surface area contributed by atoms with Crippen molar-refractivity contribution in [1.82, 2.24) is 14.7 Å². The average molecular weight is 389 g/mol. The van der Waals surface area contributed by atoms with Crippen LogP contribution >= 0.6 is 0 Å². The first-order valence-electron chi connectivity index (χ1n) is 9.62. The molecule has 2 atom stereocenters. The minimum Gasteiger partial charge on any atom is -0.481 e. The lowest BCUT2D eigenvalue weighted by atomic mass is 9.93. The normalized spacial score (nSPS) is 23.3. The summed E-state index contributed by atoms with van der Waals surface area (Å²) < 4.78 is 5.40. The van der Waals surface area contributed by atoms with Crippen LogP contribution in [0, 0.1) is 5.92 Å². The van der Waals surface area contributed by atoms with E-state index < -0.39 is 18.0 Å². The van der Waals surface area contributed by atoms with Gasteiger partial charge in [0.05, 0.1) is 5.92 Å². The van der Waals surface area contributed by atoms with Gasteiger partial charge in [0.2, 0.25) is 5.91 Å². The van der Waals surface area contributed by atoms with Crippen molar-refractivity contribution in [2.75, 3.05) is 39.3 Å². The van der Waals surface area contributed by atoms with E-state index in [0.717, 1.165) is 5.56 Å². The molecule has 2 amide bonds. The van der Waals surface area contributed by atoms with E-state index in [2.05, 4.69) is 4.90 Å². The van der Waals surface area contributed by atoms with E-state index in [1.54, 1.807) is 11.8 Å². The third-order valence-corrected chi connectivity index (χ3v) is 5.52. The Morgan fingerprint density at radius 3 is 2.32 bits per heavy atom. The number of hydrogen-bond donors (Lipinski definition) is 1. The number of ether oxygens (including phenoxy) is 1. The Balaban J connectivity index is 1.60. The largest absolute Gasteiger partial charge is 0.481 e. The quantitative estimate of drug-likeness (QED) is 0.834. The van der Waals surface area contributed by atoms with E-state index in [4.69, 9.17) is 4.74 Å². The van der Waals surface area contributed by atoms with Crippen molar-refractivity contribution in [3.05, 3.63) is 35.9 Å². The average Bonchev–Trinajstić information content (AvgIpc) is 2.72. The maximum Gasteiger partial charge on any atom is 0.410 e. The molecule has 8 heteroatoms. The Bertz CT molecular complexity index is 703. The molecule has 0 unspecified atom stereocenters. The molecule has 0 spiro atoms. The van der Waals surface area contributed by atoms with Crippen LogP contribution in [0.2, 0.25) is 0 Å². The number of nitrogens with zero attached hydrogens (tertiary/aromatic N) is 3. The van der Waals surface area contributed by atoms with Gasteiger partial charge < -0.3 is 19.6 Å². The van der Waals surface area contributed by atoms with E-state index in [1.165, 1.54) is 4.90 Å². The summed E-state index contributed by atoms with van der Waals surface area (Å²) in [6.45, 7) is 4.94. The smallest absolute Gasteiger partial charge is 0.410 e. The molecule has 0 aliphatic carbocycles. The lowest BCUT2D eigenvalue weighted by Gasteiger charge is -2.44. The van der Waals surface area contributed by atoms with Crippen molar-refractivity contribution < 1.29 is 24.2 Å². The van der Waals surface area contributed by atoms with Gasteiger partial charge in [0, 0.05) is 52.2 Å². The number of rotatable bonds is 4. The van der Waals surface area contributed by atoms with Gasteiger partial charge >= 0.3 is 12.1 Å². The van der Waals surface area contributed by atoms with Crippen molar-refractivity contribution in [3.8, 4) is 0 Å². The van der Waals surface area contributed by atoms with Crippen LogP contribution in [0.1, 0.15) is 18.9 Å². The van der Waals surface area contributed by atoms with Crippen LogP contribution in [-0.4, -0.2) is 83.1 Å². The van der Waals surface area contributed by atoms with Gasteiger partial charge in [0.25, 0.3) is 0 Å². The van der Waals surface area contributed by atoms with Crippen LogP contribution in [0.3, 0.4) is 0 Å². The van der Waals surface area contributed by atoms with Crippen molar-refractivity contribution in [3.63, 3.8) is 0 Å². The van der Waals surface area contributed by atoms with Gasteiger partial charge in [-0.3, -0.25) is 14.5 Å². The summed E-state index contributed by atoms with van der Waals surface area (Å²) in [7, 11) is 0. The zero-order chi connectivity index (χ0) is 20.1. The molecule has 1 aromatic rings. The third kappa shape index (κ3) is 5.01. The number of amides is 2. The van der Waals surface area contributed by atoms with Crippen molar-refractivity contribution in [1.29, 1.82) is 0 Å². The number of carboxylic acid groups (broad SMARTS) is 1. The van der Waals surface area contributed by atoms with Gasteiger partial charge in [0.1, 0.15) is 6.61 Å². The molecular weight excluding hydrogens is 362 g/mol. The number of carbonyl (C=O) groups is 3. The van der Waals surface area contributed by atoms with Crippen LogP contribution in [0.15, 0.2) is 30.3 Å². The van der Waals surface area contributed by atoms with E-state index in [1.807, 2.05) is 30.3 Å². The highest BCUT2D eigenvalue weighted by Crippen LogP contribution is 2.23. The van der Waals surface area contributed by atoms with Gasteiger partial charge in [-0.05, 0) is 12.0 Å². The molecule has 0 aromatic heterocycles. The molecule has 3 rings (SSSR count). The standard InChI is InChI=1S/C20H27N3O5/c1-15(24)21-7-9-22(10-8-21)18-11-17(19(25)26)12-23(13-18)20(27)28-14-16-5-3-2-4-6-16/h2-6,17-18H,7-14H2,1H3,(H,25,26)/t17-,18+/m0/s1. The van der Waals surface area contributed by atoms with Gasteiger partial charge in [-0.1, -0.05) is 30.3 Å². The fourth-order valence-corrected chi connectivity index (χ4v) is 3.88. The van der Waals surface area contributed by atoms with Gasteiger partial charge in [-0.25, -0.2) is 4.79 Å². The number of piperidine rings is 1. The van der Waals surface area contributed by atoms with E-state index in [-0.39, 0.29) is 25.1 Å². The van der Waals surface area contributed by atoms with Crippen molar-refractivity contribution >= 4 is 18.0 Å². The molecule has 2 aliphatic heterocycles. The summed E-state index contributed by atoms with van der Waals surface area (Å²) in [5.74, 6) is -1.46. The maximum absolute atomic E-state index is 12.5. The topological polar surface area (TPSA) is 90.4 Å². The second kappa shape index (κ2) is 9.05. The molecule has 0 bridgehead atoms. The third-order valence-electron chi connectivity index (χ3n) is 5.52. The molecule has 2 heterocycles. The number of benzene rings is 1. The summed E-state index contributed by atoms with van der Waals surface area (Å²) in [5, 5.41) is 9.53. The second-order valence-electron chi connectivity index (χ2n) is 7.41. The summed E-state index contributed by atoms with van der Waals surface area (Å²) >= 11 is 0. The Morgan fingerprint density at radius 1 is 1.04 bits per heavy atom. The highest BCUT2D eigenvalue weighted by atomic mass is 16.6. The molecule has 1 aromatic carbocycles. The second-order valence-corrected chi connectivity index (χ2v) is 7.41. The summed E-state index contributed by atoms with van der Waals surface area (Å²) in [6.07, 6.45) is 0.0138. The maximum atomic E-state index is 12.5. The highest BCUT2D eigenvalue weighted by Gasteiger charge is 2.38. The molecule has 0 saturated carbocycles. The Morgan fingerprint density at radius 2 is 1.71 bits per heavy atom. The summed E-state index contributed by atoms with van der Waals surface area (Å²) in [5.41, 5.74) is 0.888. The van der Waals surface area contributed by atoms with Crippen LogP contribution < -0.4 is 0 Å². The molecule has 2 fully saturated rings. The van der Waals surface area contributed by atoms with Crippen LogP contribution in [0.25, 0.3) is 0 Å². The Hall–Kier alpha value is -2.61. The molecule has 8 nitrogen and oxygen atoms in total. The number of carbonyl (C=O) groups excluding carboxylic acids is 2. The van der Waals surface area contributed by atoms with Crippen LogP contribution in [0.4, 0.5) is 4.79 Å². The fourth-order valence-electron chi connectivity index (χ4n) is 3.88. The predicted octanol–water partition coefficient (Wildman–Crippen LogP) is 1.26. The molecule has 28 heavy (non-hydrogen) atoms.